The number of benzene rings is 2. The molecule has 0 amide bonds. The molecule has 0 fully saturated rings. The Hall–Kier alpha value is -3.94. The van der Waals surface area contributed by atoms with Crippen molar-refractivity contribution in [3.05, 3.63) is 69.5 Å². The molecule has 1 unspecified atom stereocenters. The lowest BCUT2D eigenvalue weighted by atomic mass is 9.87. The number of aromatic nitrogens is 1. The molecular formula is C27H29NO7. The highest BCUT2D eigenvalue weighted by Gasteiger charge is 2.29. The summed E-state index contributed by atoms with van der Waals surface area (Å²) in [4.78, 5) is 24.1. The van der Waals surface area contributed by atoms with Crippen molar-refractivity contribution < 1.29 is 28.8 Å². The van der Waals surface area contributed by atoms with E-state index >= 15 is 0 Å². The monoisotopic (exact) mass is 479 g/mol. The molecule has 0 saturated carbocycles. The quantitative estimate of drug-likeness (QED) is 0.505. The van der Waals surface area contributed by atoms with Crippen LogP contribution in [0.25, 0.3) is 11.3 Å². The fraction of sp³-hybridized carbons (Fsp3) is 0.333. The number of hydrogen-bond donors (Lipinski definition) is 1. The third kappa shape index (κ3) is 4.56. The second-order valence-corrected chi connectivity index (χ2v) is 8.80. The highest BCUT2D eigenvalue weighted by molar-refractivity contribution is 5.88. The summed E-state index contributed by atoms with van der Waals surface area (Å²) in [5, 5.41) is 9.46. The van der Waals surface area contributed by atoms with Crippen LogP contribution in [-0.4, -0.2) is 37.0 Å². The van der Waals surface area contributed by atoms with Crippen molar-refractivity contribution in [3.63, 3.8) is 0 Å². The van der Waals surface area contributed by atoms with E-state index in [1.807, 2.05) is 34.9 Å². The number of aromatic carboxylic acids is 1. The molecule has 0 aliphatic carbocycles. The molecule has 0 saturated heterocycles. The van der Waals surface area contributed by atoms with Gasteiger partial charge in [-0.1, -0.05) is 19.9 Å². The Balaban J connectivity index is 1.74. The number of pyridine rings is 1. The molecule has 0 spiro atoms. The van der Waals surface area contributed by atoms with E-state index in [1.54, 1.807) is 21.3 Å². The fourth-order valence-corrected chi connectivity index (χ4v) is 4.49. The number of carboxylic acids is 1. The van der Waals surface area contributed by atoms with Gasteiger partial charge < -0.3 is 28.6 Å². The summed E-state index contributed by atoms with van der Waals surface area (Å²) in [5.41, 5.74) is 2.65. The van der Waals surface area contributed by atoms with Crippen LogP contribution in [0.1, 0.15) is 41.4 Å². The van der Waals surface area contributed by atoms with E-state index < -0.39 is 11.4 Å². The van der Waals surface area contributed by atoms with Crippen LogP contribution < -0.4 is 24.4 Å². The zero-order chi connectivity index (χ0) is 25.3. The zero-order valence-electron chi connectivity index (χ0n) is 20.5. The van der Waals surface area contributed by atoms with Crippen LogP contribution in [0, 0.1) is 5.92 Å². The van der Waals surface area contributed by atoms with Gasteiger partial charge in [0.2, 0.25) is 0 Å². The SMILES string of the molecule is COc1ccc(COc2cc3c(cc2OC)-c2cc(=O)c(C(=O)O)cn2C(C(C)C)C3)cc1OC. The van der Waals surface area contributed by atoms with Crippen molar-refractivity contribution >= 4 is 5.97 Å². The molecule has 1 aliphatic heterocycles. The summed E-state index contributed by atoms with van der Waals surface area (Å²) < 4.78 is 24.3. The van der Waals surface area contributed by atoms with E-state index in [0.29, 0.717) is 41.7 Å². The number of hydrogen-bond acceptors (Lipinski definition) is 6. The number of fused-ring (bicyclic) bond motifs is 3. The lowest BCUT2D eigenvalue weighted by Crippen LogP contribution is -2.28. The molecule has 1 aromatic heterocycles. The second-order valence-electron chi connectivity index (χ2n) is 8.80. The van der Waals surface area contributed by atoms with Crippen molar-refractivity contribution in [1.82, 2.24) is 4.57 Å². The summed E-state index contributed by atoms with van der Waals surface area (Å²) in [6, 6.07) is 10.8. The predicted octanol–water partition coefficient (Wildman–Crippen LogP) is 4.57. The van der Waals surface area contributed by atoms with Gasteiger partial charge in [-0.2, -0.15) is 0 Å². The third-order valence-corrected chi connectivity index (χ3v) is 6.37. The van der Waals surface area contributed by atoms with E-state index in [9.17, 15) is 14.7 Å². The van der Waals surface area contributed by atoms with Gasteiger partial charge >= 0.3 is 5.97 Å². The van der Waals surface area contributed by atoms with E-state index in [1.165, 1.54) is 12.3 Å². The average Bonchev–Trinajstić information content (AvgIpc) is 2.85. The van der Waals surface area contributed by atoms with Gasteiger partial charge in [-0.25, -0.2) is 4.79 Å². The van der Waals surface area contributed by atoms with Crippen LogP contribution in [0.2, 0.25) is 0 Å². The molecule has 1 atom stereocenters. The molecular weight excluding hydrogens is 450 g/mol. The fourth-order valence-electron chi connectivity index (χ4n) is 4.49. The van der Waals surface area contributed by atoms with Crippen molar-refractivity contribution in [3.8, 4) is 34.3 Å². The van der Waals surface area contributed by atoms with E-state index in [4.69, 9.17) is 18.9 Å². The first-order valence-electron chi connectivity index (χ1n) is 11.3. The first-order chi connectivity index (χ1) is 16.8. The molecule has 1 N–H and O–H groups in total. The first kappa shape index (κ1) is 24.2. The van der Waals surface area contributed by atoms with Crippen molar-refractivity contribution in [2.75, 3.05) is 21.3 Å². The highest BCUT2D eigenvalue weighted by atomic mass is 16.5. The number of rotatable bonds is 8. The van der Waals surface area contributed by atoms with Gasteiger partial charge in [0.25, 0.3) is 0 Å². The number of carboxylic acid groups (broad SMARTS) is 1. The van der Waals surface area contributed by atoms with Crippen LogP contribution in [-0.2, 0) is 13.0 Å². The molecule has 0 radical (unpaired) electrons. The largest absolute Gasteiger partial charge is 0.493 e. The maximum atomic E-state index is 12.5. The normalized spacial score (nSPS) is 14.2. The highest BCUT2D eigenvalue weighted by Crippen LogP contribution is 2.43. The minimum atomic E-state index is -1.23. The topological polar surface area (TPSA) is 96.2 Å². The van der Waals surface area contributed by atoms with Gasteiger partial charge in [-0.3, -0.25) is 4.79 Å². The number of ether oxygens (including phenoxy) is 4. The minimum absolute atomic E-state index is 0.0108. The molecule has 1 aliphatic rings. The lowest BCUT2D eigenvalue weighted by Gasteiger charge is -2.33. The van der Waals surface area contributed by atoms with Gasteiger partial charge in [-0.15, -0.1) is 0 Å². The molecule has 184 valence electrons. The summed E-state index contributed by atoms with van der Waals surface area (Å²) in [6.45, 7) is 4.45. The Labute approximate surface area is 203 Å². The first-order valence-corrected chi connectivity index (χ1v) is 11.3. The Kier molecular flexibility index (Phi) is 6.73. The van der Waals surface area contributed by atoms with E-state index in [2.05, 4.69) is 13.8 Å². The number of carbonyl (C=O) groups is 1. The molecule has 8 heteroatoms. The van der Waals surface area contributed by atoms with Crippen LogP contribution in [0.4, 0.5) is 0 Å². The van der Waals surface area contributed by atoms with Crippen molar-refractivity contribution in [1.29, 1.82) is 0 Å². The zero-order valence-corrected chi connectivity index (χ0v) is 20.5. The molecule has 4 rings (SSSR count). The maximum Gasteiger partial charge on any atom is 0.341 e. The summed E-state index contributed by atoms with van der Waals surface area (Å²) in [5.74, 6) is 1.35. The van der Waals surface area contributed by atoms with Crippen LogP contribution in [0.5, 0.6) is 23.0 Å². The van der Waals surface area contributed by atoms with Crippen LogP contribution in [0.15, 0.2) is 47.4 Å². The number of methoxy groups -OCH3 is 3. The maximum absolute atomic E-state index is 12.5. The van der Waals surface area contributed by atoms with E-state index in [-0.39, 0.29) is 17.5 Å². The minimum Gasteiger partial charge on any atom is -0.493 e. The Morgan fingerprint density at radius 1 is 1.00 bits per heavy atom. The smallest absolute Gasteiger partial charge is 0.341 e. The Morgan fingerprint density at radius 3 is 2.31 bits per heavy atom. The summed E-state index contributed by atoms with van der Waals surface area (Å²) in [7, 11) is 4.74. The lowest BCUT2D eigenvalue weighted by molar-refractivity contribution is 0.0694. The van der Waals surface area contributed by atoms with Crippen LogP contribution >= 0.6 is 0 Å². The van der Waals surface area contributed by atoms with Gasteiger partial charge in [0.15, 0.2) is 28.4 Å². The molecule has 35 heavy (non-hydrogen) atoms. The second kappa shape index (κ2) is 9.74. The molecule has 3 aromatic rings. The molecule has 8 nitrogen and oxygen atoms in total. The third-order valence-electron chi connectivity index (χ3n) is 6.37. The van der Waals surface area contributed by atoms with Crippen molar-refractivity contribution in [2.24, 2.45) is 5.92 Å². The van der Waals surface area contributed by atoms with E-state index in [0.717, 1.165) is 16.7 Å². The molecule has 2 heterocycles. The average molecular weight is 480 g/mol. The Bertz CT molecular complexity index is 1330. The molecule has 0 bridgehead atoms. The molecule has 2 aromatic carbocycles. The summed E-state index contributed by atoms with van der Waals surface area (Å²) >= 11 is 0. The van der Waals surface area contributed by atoms with Crippen LogP contribution in [0.3, 0.4) is 0 Å². The van der Waals surface area contributed by atoms with Gasteiger partial charge in [0.1, 0.15) is 12.2 Å². The Morgan fingerprint density at radius 2 is 1.69 bits per heavy atom. The van der Waals surface area contributed by atoms with Gasteiger partial charge in [0.05, 0.1) is 27.0 Å². The van der Waals surface area contributed by atoms with Crippen molar-refractivity contribution in [2.45, 2.75) is 32.9 Å². The summed E-state index contributed by atoms with van der Waals surface area (Å²) in [6.07, 6.45) is 2.13. The van der Waals surface area contributed by atoms with Gasteiger partial charge in [0, 0.05) is 23.9 Å². The van der Waals surface area contributed by atoms with Gasteiger partial charge in [-0.05, 0) is 47.7 Å². The standard InChI is InChI=1S/C27H29NO7/c1-15(2)20-9-17-10-26(35-14-16-6-7-23(32-3)24(8-16)33-4)25(34-5)11-18(17)21-12-22(29)19(27(30)31)13-28(20)21/h6-8,10-13,15,20H,9,14H2,1-5H3,(H,30,31). The predicted molar refractivity (Wildman–Crippen MR) is 131 cm³/mol. The number of nitrogens with zero attached hydrogens (tertiary/aromatic N) is 1.